The topological polar surface area (TPSA) is 70.4 Å². The van der Waals surface area contributed by atoms with Crippen LogP contribution in [0.5, 0.6) is 0 Å². The van der Waals surface area contributed by atoms with Crippen molar-refractivity contribution in [2.24, 2.45) is 0 Å². The number of benzene rings is 3. The first kappa shape index (κ1) is 21.8. The summed E-state index contributed by atoms with van der Waals surface area (Å²) in [5.74, 6) is -0.952. The molecule has 160 valence electrons. The van der Waals surface area contributed by atoms with Crippen molar-refractivity contribution in [1.29, 1.82) is 0 Å². The van der Waals surface area contributed by atoms with Gasteiger partial charge >= 0.3 is 5.97 Å². The summed E-state index contributed by atoms with van der Waals surface area (Å²) < 4.78 is 0. The fraction of sp³-hybridized carbons (Fsp3) is 0.111. The van der Waals surface area contributed by atoms with E-state index in [4.69, 9.17) is 11.6 Å². The van der Waals surface area contributed by atoms with Gasteiger partial charge in [0.15, 0.2) is 0 Å². The Morgan fingerprint density at radius 3 is 2.62 bits per heavy atom. The molecule has 0 saturated carbocycles. The number of aromatic nitrogens is 1. The molecule has 1 heterocycles. The van der Waals surface area contributed by atoms with Crippen molar-refractivity contribution >= 4 is 40.6 Å². The molecule has 5 heteroatoms. The third-order valence-corrected chi connectivity index (χ3v) is 5.59. The molecule has 2 N–H and O–H groups in total. The molecule has 0 aliphatic heterocycles. The first-order valence-corrected chi connectivity index (χ1v) is 10.7. The highest BCUT2D eigenvalue weighted by Crippen LogP contribution is 2.23. The van der Waals surface area contributed by atoms with Gasteiger partial charge in [0.2, 0.25) is 0 Å². The number of hydrogen-bond donors (Lipinski definition) is 2. The zero-order valence-electron chi connectivity index (χ0n) is 17.3. The van der Waals surface area contributed by atoms with Crippen molar-refractivity contribution in [2.75, 3.05) is 0 Å². The van der Waals surface area contributed by atoms with E-state index in [0.717, 1.165) is 33.3 Å². The van der Waals surface area contributed by atoms with Gasteiger partial charge in [-0.25, -0.2) is 9.78 Å². The number of carboxylic acid groups (broad SMARTS) is 1. The first-order chi connectivity index (χ1) is 15.5. The first-order valence-electron chi connectivity index (χ1n) is 10.3. The summed E-state index contributed by atoms with van der Waals surface area (Å²) >= 11 is 6.07. The minimum Gasteiger partial charge on any atom is -0.478 e. The van der Waals surface area contributed by atoms with Crippen LogP contribution in [0, 0.1) is 0 Å². The second-order valence-electron chi connectivity index (χ2n) is 7.59. The molecule has 1 atom stereocenters. The van der Waals surface area contributed by atoms with Crippen LogP contribution >= 0.6 is 11.6 Å². The van der Waals surface area contributed by atoms with Crippen molar-refractivity contribution < 1.29 is 15.0 Å². The second kappa shape index (κ2) is 9.77. The van der Waals surface area contributed by atoms with Crippen molar-refractivity contribution in [2.45, 2.75) is 18.9 Å². The molecular formula is C27H22ClNO3. The number of pyridine rings is 1. The van der Waals surface area contributed by atoms with Crippen LogP contribution in [0.2, 0.25) is 5.02 Å². The van der Waals surface area contributed by atoms with Gasteiger partial charge in [-0.3, -0.25) is 0 Å². The van der Waals surface area contributed by atoms with Crippen LogP contribution in [0.3, 0.4) is 0 Å². The number of carboxylic acids is 1. The molecule has 0 saturated heterocycles. The summed E-state index contributed by atoms with van der Waals surface area (Å²) in [5, 5.41) is 21.7. The van der Waals surface area contributed by atoms with Gasteiger partial charge in [0.25, 0.3) is 0 Å². The van der Waals surface area contributed by atoms with Gasteiger partial charge in [-0.2, -0.15) is 0 Å². The predicted molar refractivity (Wildman–Crippen MR) is 129 cm³/mol. The average Bonchev–Trinajstić information content (AvgIpc) is 2.81. The maximum Gasteiger partial charge on any atom is 0.335 e. The lowest BCUT2D eigenvalue weighted by atomic mass is 9.97. The average molecular weight is 444 g/mol. The van der Waals surface area contributed by atoms with Crippen molar-refractivity contribution in [3.8, 4) is 0 Å². The lowest BCUT2D eigenvalue weighted by Gasteiger charge is -2.13. The summed E-state index contributed by atoms with van der Waals surface area (Å²) in [4.78, 5) is 16.0. The van der Waals surface area contributed by atoms with E-state index in [1.165, 1.54) is 0 Å². The van der Waals surface area contributed by atoms with E-state index in [9.17, 15) is 15.0 Å². The van der Waals surface area contributed by atoms with Crippen LogP contribution in [0.4, 0.5) is 0 Å². The third-order valence-electron chi connectivity index (χ3n) is 5.35. The fourth-order valence-electron chi connectivity index (χ4n) is 3.66. The number of aromatic carboxylic acids is 1. The van der Waals surface area contributed by atoms with Gasteiger partial charge in [-0.1, -0.05) is 66.2 Å². The predicted octanol–water partition coefficient (Wildman–Crippen LogP) is 6.42. The van der Waals surface area contributed by atoms with E-state index >= 15 is 0 Å². The molecule has 4 aromatic rings. The smallest absolute Gasteiger partial charge is 0.335 e. The van der Waals surface area contributed by atoms with E-state index in [0.29, 0.717) is 17.9 Å². The maximum atomic E-state index is 11.4. The van der Waals surface area contributed by atoms with Gasteiger partial charge in [0.1, 0.15) is 0 Å². The molecular weight excluding hydrogens is 422 g/mol. The molecule has 1 aromatic heterocycles. The van der Waals surface area contributed by atoms with E-state index < -0.39 is 12.1 Å². The Morgan fingerprint density at radius 1 is 0.969 bits per heavy atom. The molecule has 0 amide bonds. The Labute approximate surface area is 191 Å². The quantitative estimate of drug-likeness (QED) is 0.345. The number of nitrogens with zero attached hydrogens (tertiary/aromatic N) is 1. The van der Waals surface area contributed by atoms with Crippen molar-refractivity contribution in [3.63, 3.8) is 0 Å². The Bertz CT molecular complexity index is 1300. The van der Waals surface area contributed by atoms with E-state index in [-0.39, 0.29) is 5.56 Å². The molecule has 0 spiro atoms. The van der Waals surface area contributed by atoms with Gasteiger partial charge in [0.05, 0.1) is 22.9 Å². The highest BCUT2D eigenvalue weighted by molar-refractivity contribution is 6.31. The summed E-state index contributed by atoms with van der Waals surface area (Å²) in [5.41, 5.74) is 4.39. The molecule has 0 unspecified atom stereocenters. The van der Waals surface area contributed by atoms with Crippen LogP contribution in [-0.4, -0.2) is 21.2 Å². The second-order valence-corrected chi connectivity index (χ2v) is 8.03. The minimum atomic E-state index is -0.952. The van der Waals surface area contributed by atoms with E-state index in [2.05, 4.69) is 4.98 Å². The number of fused-ring (bicyclic) bond motifs is 1. The van der Waals surface area contributed by atoms with Gasteiger partial charge in [-0.15, -0.1) is 0 Å². The molecule has 32 heavy (non-hydrogen) atoms. The summed E-state index contributed by atoms with van der Waals surface area (Å²) in [7, 11) is 0. The summed E-state index contributed by atoms with van der Waals surface area (Å²) in [6, 6.07) is 24.2. The molecule has 4 rings (SSSR count). The zero-order valence-corrected chi connectivity index (χ0v) is 18.0. The van der Waals surface area contributed by atoms with Gasteiger partial charge in [0, 0.05) is 10.4 Å². The van der Waals surface area contributed by atoms with Crippen molar-refractivity contribution in [3.05, 3.63) is 112 Å². The van der Waals surface area contributed by atoms with Gasteiger partial charge in [-0.05, 0) is 65.9 Å². The third kappa shape index (κ3) is 5.22. The maximum absolute atomic E-state index is 11.4. The number of rotatable bonds is 7. The Balaban J connectivity index is 1.47. The van der Waals surface area contributed by atoms with Crippen LogP contribution < -0.4 is 0 Å². The van der Waals surface area contributed by atoms with Crippen LogP contribution in [-0.2, 0) is 6.42 Å². The van der Waals surface area contributed by atoms with Crippen LogP contribution in [0.25, 0.3) is 23.1 Å². The van der Waals surface area contributed by atoms with Crippen LogP contribution in [0.1, 0.15) is 45.3 Å². The van der Waals surface area contributed by atoms with Gasteiger partial charge < -0.3 is 10.2 Å². The molecule has 4 nitrogen and oxygen atoms in total. The number of hydrogen-bond acceptors (Lipinski definition) is 3. The lowest BCUT2D eigenvalue weighted by molar-refractivity contribution is 0.0695. The number of aliphatic hydroxyl groups excluding tert-OH is 1. The largest absolute Gasteiger partial charge is 0.478 e. The summed E-state index contributed by atoms with van der Waals surface area (Å²) in [6.07, 6.45) is 4.10. The number of aryl methyl sites for hydroxylation is 1. The van der Waals surface area contributed by atoms with E-state index in [1.54, 1.807) is 18.2 Å². The van der Waals surface area contributed by atoms with Crippen molar-refractivity contribution in [1.82, 2.24) is 4.98 Å². The number of aliphatic hydroxyl groups is 1. The highest BCUT2D eigenvalue weighted by atomic mass is 35.5. The molecule has 0 aliphatic carbocycles. The van der Waals surface area contributed by atoms with E-state index in [1.807, 2.05) is 72.8 Å². The Morgan fingerprint density at radius 2 is 1.78 bits per heavy atom. The van der Waals surface area contributed by atoms with Crippen LogP contribution in [0.15, 0.2) is 78.9 Å². The lowest BCUT2D eigenvalue weighted by Crippen LogP contribution is -2.05. The summed E-state index contributed by atoms with van der Waals surface area (Å²) in [6.45, 7) is 0. The zero-order chi connectivity index (χ0) is 22.5. The highest BCUT2D eigenvalue weighted by Gasteiger charge is 2.12. The number of halogens is 1. The molecule has 0 radical (unpaired) electrons. The molecule has 3 aromatic carbocycles. The minimum absolute atomic E-state index is 0.278. The Kier molecular flexibility index (Phi) is 6.64. The molecule has 0 aliphatic rings. The molecule has 0 fully saturated rings. The number of carbonyl (C=O) groups is 1. The SMILES string of the molecule is O=C(O)c1ccccc1CC[C@@H](O)c1cccc(C=Cc2ccc3ccc(Cl)cc3n2)c1. The fourth-order valence-corrected chi connectivity index (χ4v) is 3.82. The Hall–Kier alpha value is -3.47. The normalized spacial score (nSPS) is 12.3. The monoisotopic (exact) mass is 443 g/mol. The molecule has 0 bridgehead atoms. The standard InChI is InChI=1S/C27H22ClNO3/c28-22-12-9-20-10-14-23(29-25(20)17-22)13-8-18-4-3-6-21(16-18)26(30)15-11-19-5-1-2-7-24(19)27(31)32/h1-10,12-14,16-17,26,30H,11,15H2,(H,31,32)/t26-/m1/s1.